The Bertz CT molecular complexity index is 972. The van der Waals surface area contributed by atoms with Gasteiger partial charge in [-0.25, -0.2) is 4.79 Å². The lowest BCUT2D eigenvalue weighted by Crippen LogP contribution is -2.52. The minimum Gasteiger partial charge on any atom is -0.478 e. The number of carboxylic acid groups (broad SMARTS) is 1. The average molecular weight is 395 g/mol. The molecule has 3 atom stereocenters. The van der Waals surface area contributed by atoms with E-state index in [0.29, 0.717) is 23.2 Å². The second-order valence-corrected chi connectivity index (χ2v) is 8.02. The van der Waals surface area contributed by atoms with Gasteiger partial charge < -0.3 is 15.7 Å². The van der Waals surface area contributed by atoms with Gasteiger partial charge in [0.05, 0.1) is 11.3 Å². The molecule has 3 unspecified atom stereocenters. The van der Waals surface area contributed by atoms with Crippen LogP contribution in [-0.2, 0) is 9.59 Å². The van der Waals surface area contributed by atoms with Crippen molar-refractivity contribution >= 4 is 28.6 Å². The van der Waals surface area contributed by atoms with Gasteiger partial charge in [0, 0.05) is 24.2 Å². The van der Waals surface area contributed by atoms with Crippen LogP contribution in [-0.4, -0.2) is 45.4 Å². The number of pyridine rings is 1. The molecule has 1 saturated heterocycles. The molecule has 3 N–H and O–H groups in total. The fraction of sp³-hybridized carbons (Fsp3) is 0.455. The maximum atomic E-state index is 13.5. The van der Waals surface area contributed by atoms with Gasteiger partial charge in [-0.1, -0.05) is 25.0 Å². The number of piperidine rings is 1. The van der Waals surface area contributed by atoms with E-state index in [2.05, 4.69) is 4.98 Å². The minimum absolute atomic E-state index is 0.104. The van der Waals surface area contributed by atoms with Crippen molar-refractivity contribution in [3.8, 4) is 0 Å². The molecule has 0 spiro atoms. The third kappa shape index (κ3) is 3.45. The van der Waals surface area contributed by atoms with Crippen molar-refractivity contribution in [1.82, 2.24) is 9.88 Å². The average Bonchev–Trinajstić information content (AvgIpc) is 2.72. The summed E-state index contributed by atoms with van der Waals surface area (Å²) in [6, 6.07) is 6.51. The summed E-state index contributed by atoms with van der Waals surface area (Å²) >= 11 is 0. The highest BCUT2D eigenvalue weighted by molar-refractivity contribution is 6.10. The van der Waals surface area contributed by atoms with Gasteiger partial charge in [0.15, 0.2) is 5.92 Å². The molecule has 1 saturated carbocycles. The Morgan fingerprint density at radius 1 is 1.07 bits per heavy atom. The van der Waals surface area contributed by atoms with Crippen LogP contribution in [0.1, 0.15) is 60.5 Å². The van der Waals surface area contributed by atoms with E-state index in [9.17, 15) is 19.5 Å². The summed E-state index contributed by atoms with van der Waals surface area (Å²) in [6.07, 6.45) is 7.81. The van der Waals surface area contributed by atoms with Gasteiger partial charge >= 0.3 is 5.97 Å². The van der Waals surface area contributed by atoms with Crippen molar-refractivity contribution in [2.24, 2.45) is 11.7 Å². The van der Waals surface area contributed by atoms with Gasteiger partial charge in [0.2, 0.25) is 11.8 Å². The molecular weight excluding hydrogens is 370 g/mol. The first-order chi connectivity index (χ1) is 14.0. The molecule has 2 aromatic rings. The van der Waals surface area contributed by atoms with Crippen LogP contribution in [0, 0.1) is 5.92 Å². The molecular formula is C22H25N3O4. The molecule has 1 aliphatic carbocycles. The van der Waals surface area contributed by atoms with E-state index in [-0.39, 0.29) is 23.2 Å². The van der Waals surface area contributed by atoms with E-state index in [1.807, 2.05) is 4.90 Å². The van der Waals surface area contributed by atoms with Crippen LogP contribution in [0.3, 0.4) is 0 Å². The number of likely N-dealkylation sites (tertiary alicyclic amines) is 1. The number of benzene rings is 1. The Morgan fingerprint density at radius 3 is 2.59 bits per heavy atom. The maximum absolute atomic E-state index is 13.5. The third-order valence-electron chi connectivity index (χ3n) is 6.40. The number of amides is 2. The summed E-state index contributed by atoms with van der Waals surface area (Å²) in [5.74, 6) is -2.88. The second-order valence-electron chi connectivity index (χ2n) is 8.02. The standard InChI is InChI=1S/C22H25N3O4/c23-20(26)18(21(27)25-12-4-6-13-5-1-2-9-17(13)25)19-15-7-3-8-16(22(28)29)14(15)10-11-24-19/h3,7-8,10-11,13,17-18H,1-2,4-6,9,12H2,(H2,23,26)(H,28,29). The van der Waals surface area contributed by atoms with Crippen LogP contribution in [0.15, 0.2) is 30.5 Å². The number of hydrogen-bond donors (Lipinski definition) is 2. The number of nitrogens with two attached hydrogens (primary N) is 1. The fourth-order valence-corrected chi connectivity index (χ4v) is 5.08. The molecule has 1 aromatic carbocycles. The van der Waals surface area contributed by atoms with Crippen molar-refractivity contribution in [2.75, 3.05) is 6.54 Å². The highest BCUT2D eigenvalue weighted by Crippen LogP contribution is 2.37. The van der Waals surface area contributed by atoms with E-state index in [1.165, 1.54) is 18.7 Å². The van der Waals surface area contributed by atoms with E-state index in [0.717, 1.165) is 32.1 Å². The minimum atomic E-state index is -1.22. The lowest BCUT2D eigenvalue weighted by atomic mass is 9.77. The number of nitrogens with zero attached hydrogens (tertiary/aromatic N) is 2. The zero-order valence-electron chi connectivity index (χ0n) is 16.2. The van der Waals surface area contributed by atoms with Gasteiger partial charge in [-0.05, 0) is 49.1 Å². The number of carbonyl (C=O) groups excluding carboxylic acids is 2. The smallest absolute Gasteiger partial charge is 0.336 e. The molecule has 7 nitrogen and oxygen atoms in total. The maximum Gasteiger partial charge on any atom is 0.336 e. The molecule has 2 heterocycles. The molecule has 7 heteroatoms. The number of aromatic nitrogens is 1. The molecule has 2 fully saturated rings. The van der Waals surface area contributed by atoms with Gasteiger partial charge in [-0.3, -0.25) is 14.6 Å². The first-order valence-electron chi connectivity index (χ1n) is 10.2. The van der Waals surface area contributed by atoms with Gasteiger partial charge in [-0.15, -0.1) is 0 Å². The predicted molar refractivity (Wildman–Crippen MR) is 107 cm³/mol. The van der Waals surface area contributed by atoms with Crippen LogP contribution in [0.4, 0.5) is 0 Å². The van der Waals surface area contributed by atoms with E-state index in [1.54, 1.807) is 18.2 Å². The van der Waals surface area contributed by atoms with E-state index < -0.39 is 17.8 Å². The number of carboxylic acids is 1. The number of carbonyl (C=O) groups is 3. The molecule has 2 amide bonds. The van der Waals surface area contributed by atoms with Crippen LogP contribution in [0.5, 0.6) is 0 Å². The zero-order chi connectivity index (χ0) is 20.5. The van der Waals surface area contributed by atoms with Crippen molar-refractivity contribution in [3.05, 3.63) is 41.7 Å². The molecule has 4 rings (SSSR count). The van der Waals surface area contributed by atoms with Crippen LogP contribution >= 0.6 is 0 Å². The van der Waals surface area contributed by atoms with Crippen molar-refractivity contribution in [1.29, 1.82) is 0 Å². The Morgan fingerprint density at radius 2 is 1.83 bits per heavy atom. The molecule has 1 aliphatic heterocycles. The summed E-state index contributed by atoms with van der Waals surface area (Å²) < 4.78 is 0. The quantitative estimate of drug-likeness (QED) is 0.773. The molecule has 152 valence electrons. The van der Waals surface area contributed by atoms with Gasteiger partial charge in [0.25, 0.3) is 0 Å². The Balaban J connectivity index is 1.77. The first-order valence-corrected chi connectivity index (χ1v) is 10.2. The van der Waals surface area contributed by atoms with Crippen molar-refractivity contribution in [2.45, 2.75) is 50.5 Å². The van der Waals surface area contributed by atoms with Crippen LogP contribution < -0.4 is 5.73 Å². The third-order valence-corrected chi connectivity index (χ3v) is 6.40. The molecule has 0 bridgehead atoms. The van der Waals surface area contributed by atoms with Crippen molar-refractivity contribution < 1.29 is 19.5 Å². The highest BCUT2D eigenvalue weighted by atomic mass is 16.4. The SMILES string of the molecule is NC(=O)C(C(=O)N1CCCC2CCCCC21)c1nccc2c(C(=O)O)cccc12. The highest BCUT2D eigenvalue weighted by Gasteiger charge is 2.41. The van der Waals surface area contributed by atoms with Gasteiger partial charge in [0.1, 0.15) is 0 Å². The van der Waals surface area contributed by atoms with Crippen molar-refractivity contribution in [3.63, 3.8) is 0 Å². The summed E-state index contributed by atoms with van der Waals surface area (Å²) in [6.45, 7) is 0.620. The zero-order valence-corrected chi connectivity index (χ0v) is 16.2. The monoisotopic (exact) mass is 395 g/mol. The molecule has 29 heavy (non-hydrogen) atoms. The number of rotatable bonds is 4. The lowest BCUT2D eigenvalue weighted by molar-refractivity contribution is -0.142. The molecule has 1 aromatic heterocycles. The summed E-state index contributed by atoms with van der Waals surface area (Å²) in [7, 11) is 0. The Kier molecular flexibility index (Phi) is 5.22. The fourth-order valence-electron chi connectivity index (χ4n) is 5.08. The molecule has 2 aliphatic rings. The normalized spacial score (nSPS) is 22.7. The van der Waals surface area contributed by atoms with Crippen LogP contribution in [0.2, 0.25) is 0 Å². The number of primary amides is 1. The Hall–Kier alpha value is -2.96. The lowest BCUT2D eigenvalue weighted by Gasteiger charge is -2.45. The largest absolute Gasteiger partial charge is 0.478 e. The van der Waals surface area contributed by atoms with Crippen LogP contribution in [0.25, 0.3) is 10.8 Å². The topological polar surface area (TPSA) is 114 Å². The number of aromatic carboxylic acids is 1. The summed E-state index contributed by atoms with van der Waals surface area (Å²) in [5, 5.41) is 10.4. The second kappa shape index (κ2) is 7.81. The summed E-state index contributed by atoms with van der Waals surface area (Å²) in [5.41, 5.74) is 6.03. The van der Waals surface area contributed by atoms with E-state index >= 15 is 0 Å². The van der Waals surface area contributed by atoms with E-state index in [4.69, 9.17) is 5.73 Å². The number of fused-ring (bicyclic) bond motifs is 2. The Labute approximate surface area is 168 Å². The first kappa shape index (κ1) is 19.4. The number of hydrogen-bond acceptors (Lipinski definition) is 4. The predicted octanol–water partition coefficient (Wildman–Crippen LogP) is 2.68. The molecule has 0 radical (unpaired) electrons. The van der Waals surface area contributed by atoms with Gasteiger partial charge in [-0.2, -0.15) is 0 Å². The summed E-state index contributed by atoms with van der Waals surface area (Å²) in [4.78, 5) is 43.7.